The maximum Gasteiger partial charge on any atom is 0.435 e. The smallest absolute Gasteiger partial charge is 0.435 e. The normalized spacial score (nSPS) is 11.3. The summed E-state index contributed by atoms with van der Waals surface area (Å²) >= 11 is 0. The first-order chi connectivity index (χ1) is 13.8. The fourth-order valence-corrected chi connectivity index (χ4v) is 2.70. The van der Waals surface area contributed by atoms with Crippen LogP contribution in [0.2, 0.25) is 0 Å². The molecule has 0 unspecified atom stereocenters. The van der Waals surface area contributed by atoms with E-state index < -0.39 is 24.4 Å². The fourth-order valence-electron chi connectivity index (χ4n) is 2.70. The molecule has 2 N–H and O–H groups in total. The molecular weight excluding hydrogens is 387 g/mol. The lowest BCUT2D eigenvalue weighted by Crippen LogP contribution is -2.25. The quantitative estimate of drug-likeness (QED) is 0.661. The van der Waals surface area contributed by atoms with Crippen LogP contribution in [0, 0.1) is 0 Å². The van der Waals surface area contributed by atoms with E-state index in [0.29, 0.717) is 17.0 Å². The summed E-state index contributed by atoms with van der Waals surface area (Å²) in [5.41, 5.74) is 0.995. The zero-order chi connectivity index (χ0) is 21.0. The minimum atomic E-state index is -4.58. The van der Waals surface area contributed by atoms with Crippen LogP contribution in [0.4, 0.5) is 13.2 Å². The van der Waals surface area contributed by atoms with E-state index in [9.17, 15) is 18.0 Å². The molecule has 0 spiro atoms. The standard InChI is InChI=1S/C20H18F3N3O3/c1-29-16-8-6-15(7-9-16)26-17(10-18(25-26)20(21,22)23)14-4-2-13(3-5-14)11-24-19(28)12-27/h2-10,27H,11-12H2,1H3,(H,24,28). The first-order valence-electron chi connectivity index (χ1n) is 8.60. The number of carbonyl (C=O) groups excluding carboxylic acids is 1. The highest BCUT2D eigenvalue weighted by Crippen LogP contribution is 2.33. The number of amides is 1. The molecule has 0 aliphatic heterocycles. The van der Waals surface area contributed by atoms with Crippen molar-refractivity contribution in [2.45, 2.75) is 12.7 Å². The summed E-state index contributed by atoms with van der Waals surface area (Å²) < 4.78 is 46.1. The summed E-state index contributed by atoms with van der Waals surface area (Å²) in [6.07, 6.45) is -4.58. The van der Waals surface area contributed by atoms with E-state index >= 15 is 0 Å². The number of ether oxygens (including phenoxy) is 1. The summed E-state index contributed by atoms with van der Waals surface area (Å²) in [6.45, 7) is -0.412. The van der Waals surface area contributed by atoms with Crippen LogP contribution in [-0.2, 0) is 17.5 Å². The zero-order valence-electron chi connectivity index (χ0n) is 15.4. The van der Waals surface area contributed by atoms with Crippen molar-refractivity contribution in [2.75, 3.05) is 13.7 Å². The van der Waals surface area contributed by atoms with Crippen LogP contribution in [0.1, 0.15) is 11.3 Å². The molecule has 0 bridgehead atoms. The van der Waals surface area contributed by atoms with E-state index in [2.05, 4.69) is 10.4 Å². The number of carbonyl (C=O) groups is 1. The van der Waals surface area contributed by atoms with E-state index in [0.717, 1.165) is 11.6 Å². The molecule has 0 aliphatic rings. The maximum atomic E-state index is 13.2. The summed E-state index contributed by atoms with van der Waals surface area (Å²) in [4.78, 5) is 11.1. The molecular formula is C20H18F3N3O3. The molecule has 0 atom stereocenters. The van der Waals surface area contributed by atoms with Crippen LogP contribution >= 0.6 is 0 Å². The van der Waals surface area contributed by atoms with Crippen LogP contribution in [0.5, 0.6) is 5.75 Å². The van der Waals surface area contributed by atoms with Crippen molar-refractivity contribution in [3.05, 3.63) is 65.9 Å². The van der Waals surface area contributed by atoms with Gasteiger partial charge in [0.2, 0.25) is 5.91 Å². The minimum Gasteiger partial charge on any atom is -0.497 e. The van der Waals surface area contributed by atoms with Gasteiger partial charge < -0.3 is 15.2 Å². The molecule has 0 radical (unpaired) electrons. The van der Waals surface area contributed by atoms with Gasteiger partial charge in [-0.3, -0.25) is 4.79 Å². The number of nitrogens with zero attached hydrogens (tertiary/aromatic N) is 2. The van der Waals surface area contributed by atoms with Gasteiger partial charge in [-0.05, 0) is 35.9 Å². The molecule has 3 aromatic rings. The van der Waals surface area contributed by atoms with Gasteiger partial charge in [-0.15, -0.1) is 0 Å². The lowest BCUT2D eigenvalue weighted by atomic mass is 10.1. The molecule has 1 amide bonds. The number of rotatable bonds is 6. The van der Waals surface area contributed by atoms with Crippen LogP contribution < -0.4 is 10.1 Å². The van der Waals surface area contributed by atoms with E-state index in [1.807, 2.05) is 0 Å². The first-order valence-corrected chi connectivity index (χ1v) is 8.60. The van der Waals surface area contributed by atoms with Crippen molar-refractivity contribution >= 4 is 5.91 Å². The lowest BCUT2D eigenvalue weighted by Gasteiger charge is -2.10. The number of halogens is 3. The maximum absolute atomic E-state index is 13.2. The molecule has 3 rings (SSSR count). The van der Waals surface area contributed by atoms with E-state index in [1.165, 1.54) is 11.8 Å². The van der Waals surface area contributed by atoms with Gasteiger partial charge in [0.25, 0.3) is 0 Å². The van der Waals surface area contributed by atoms with Gasteiger partial charge in [0.15, 0.2) is 5.69 Å². The van der Waals surface area contributed by atoms with Gasteiger partial charge in [0.1, 0.15) is 12.4 Å². The number of aromatic nitrogens is 2. The Morgan fingerprint density at radius 1 is 1.14 bits per heavy atom. The third-order valence-corrected chi connectivity index (χ3v) is 4.20. The monoisotopic (exact) mass is 405 g/mol. The van der Waals surface area contributed by atoms with Crippen LogP contribution in [0.3, 0.4) is 0 Å². The van der Waals surface area contributed by atoms with Crippen molar-refractivity contribution in [3.63, 3.8) is 0 Å². The molecule has 2 aromatic carbocycles. The first kappa shape index (κ1) is 20.4. The average molecular weight is 405 g/mol. The number of alkyl halides is 3. The largest absolute Gasteiger partial charge is 0.497 e. The summed E-state index contributed by atoms with van der Waals surface area (Å²) in [6, 6.07) is 14.2. The second kappa shape index (κ2) is 8.36. The number of aliphatic hydroxyl groups is 1. The molecule has 1 aromatic heterocycles. The fraction of sp³-hybridized carbons (Fsp3) is 0.200. The number of aliphatic hydroxyl groups excluding tert-OH is 1. The molecule has 0 aliphatic carbocycles. The van der Waals surface area contributed by atoms with Gasteiger partial charge in [-0.25, -0.2) is 4.68 Å². The highest BCUT2D eigenvalue weighted by molar-refractivity contribution is 5.76. The highest BCUT2D eigenvalue weighted by Gasteiger charge is 2.35. The molecule has 1 heterocycles. The highest BCUT2D eigenvalue weighted by atomic mass is 19.4. The minimum absolute atomic E-state index is 0.200. The average Bonchev–Trinajstić information content (AvgIpc) is 3.18. The van der Waals surface area contributed by atoms with Gasteiger partial charge in [-0.2, -0.15) is 18.3 Å². The van der Waals surface area contributed by atoms with Crippen molar-refractivity contribution < 1.29 is 27.8 Å². The van der Waals surface area contributed by atoms with Crippen molar-refractivity contribution in [2.24, 2.45) is 0 Å². The van der Waals surface area contributed by atoms with Gasteiger partial charge in [0.05, 0.1) is 18.5 Å². The van der Waals surface area contributed by atoms with E-state index in [1.54, 1.807) is 48.5 Å². The number of nitrogens with one attached hydrogen (secondary N) is 1. The molecule has 0 saturated carbocycles. The lowest BCUT2D eigenvalue weighted by molar-refractivity contribution is -0.141. The van der Waals surface area contributed by atoms with E-state index in [-0.39, 0.29) is 12.2 Å². The Morgan fingerprint density at radius 2 is 1.79 bits per heavy atom. The van der Waals surface area contributed by atoms with Crippen molar-refractivity contribution in [3.8, 4) is 22.7 Å². The van der Waals surface area contributed by atoms with Crippen LogP contribution in [-0.4, -0.2) is 34.5 Å². The zero-order valence-corrected chi connectivity index (χ0v) is 15.4. The third-order valence-electron chi connectivity index (χ3n) is 4.20. The van der Waals surface area contributed by atoms with Gasteiger partial charge in [-0.1, -0.05) is 24.3 Å². The molecule has 6 nitrogen and oxygen atoms in total. The number of benzene rings is 2. The predicted molar refractivity (Wildman–Crippen MR) is 99.5 cm³/mol. The second-order valence-electron chi connectivity index (χ2n) is 6.15. The van der Waals surface area contributed by atoms with Crippen molar-refractivity contribution in [1.82, 2.24) is 15.1 Å². The Bertz CT molecular complexity index is 981. The Labute approximate surface area is 164 Å². The topological polar surface area (TPSA) is 76.4 Å². The molecule has 0 fully saturated rings. The third kappa shape index (κ3) is 4.75. The Hall–Kier alpha value is -3.33. The molecule has 29 heavy (non-hydrogen) atoms. The molecule has 0 saturated heterocycles. The van der Waals surface area contributed by atoms with Crippen LogP contribution in [0.15, 0.2) is 54.6 Å². The molecule has 152 valence electrons. The Morgan fingerprint density at radius 3 is 2.34 bits per heavy atom. The van der Waals surface area contributed by atoms with Gasteiger partial charge >= 0.3 is 6.18 Å². The van der Waals surface area contributed by atoms with Crippen molar-refractivity contribution in [1.29, 1.82) is 0 Å². The number of hydrogen-bond donors (Lipinski definition) is 2. The second-order valence-corrected chi connectivity index (χ2v) is 6.15. The molecule has 9 heteroatoms. The Balaban J connectivity index is 1.96. The number of hydrogen-bond acceptors (Lipinski definition) is 4. The van der Waals surface area contributed by atoms with Crippen LogP contribution in [0.25, 0.3) is 16.9 Å². The SMILES string of the molecule is COc1ccc(-n2nc(C(F)(F)F)cc2-c2ccc(CNC(=O)CO)cc2)cc1. The summed E-state index contributed by atoms with van der Waals surface area (Å²) in [5, 5.41) is 15.0. The summed E-state index contributed by atoms with van der Waals surface area (Å²) in [7, 11) is 1.50. The predicted octanol–water partition coefficient (Wildman–Crippen LogP) is 3.18. The van der Waals surface area contributed by atoms with Gasteiger partial charge in [0, 0.05) is 12.1 Å². The Kier molecular flexibility index (Phi) is 5.88. The number of methoxy groups -OCH3 is 1. The summed E-state index contributed by atoms with van der Waals surface area (Å²) in [5.74, 6) is 0.0641. The van der Waals surface area contributed by atoms with E-state index in [4.69, 9.17) is 9.84 Å².